The van der Waals surface area contributed by atoms with Crippen molar-refractivity contribution in [3.8, 4) is 0 Å². The molecule has 0 saturated carbocycles. The van der Waals surface area contributed by atoms with E-state index < -0.39 is 0 Å². The predicted octanol–water partition coefficient (Wildman–Crippen LogP) is 4.73. The van der Waals surface area contributed by atoms with Crippen molar-refractivity contribution in [1.29, 1.82) is 0 Å². The van der Waals surface area contributed by atoms with Crippen LogP contribution in [0.25, 0.3) is 0 Å². The minimum absolute atomic E-state index is 0.230. The zero-order valence-corrected chi connectivity index (χ0v) is 12.7. The first-order chi connectivity index (χ1) is 9.99. The maximum Gasteiger partial charge on any atom is 0.128 e. The van der Waals surface area contributed by atoms with Crippen molar-refractivity contribution in [3.05, 3.63) is 70.8 Å². The number of nitrogens with one attached hydrogen (secondary N) is 1. The van der Waals surface area contributed by atoms with Crippen molar-refractivity contribution < 1.29 is 8.78 Å². The Morgan fingerprint density at radius 2 is 1.67 bits per heavy atom. The average molecular weight is 289 g/mol. The Bertz CT molecular complexity index is 596. The molecule has 3 heteroatoms. The van der Waals surface area contributed by atoms with E-state index in [4.69, 9.17) is 0 Å². The fourth-order valence-electron chi connectivity index (χ4n) is 2.36. The summed E-state index contributed by atoms with van der Waals surface area (Å²) in [6, 6.07) is 12.4. The molecule has 0 aromatic heterocycles. The average Bonchev–Trinajstić information content (AvgIpc) is 2.49. The van der Waals surface area contributed by atoms with E-state index in [1.54, 1.807) is 6.92 Å². The summed E-state index contributed by atoms with van der Waals surface area (Å²) in [7, 11) is 0. The Balaban J connectivity index is 2.02. The van der Waals surface area contributed by atoms with E-state index in [0.717, 1.165) is 0 Å². The Hall–Kier alpha value is -1.74. The van der Waals surface area contributed by atoms with Crippen LogP contribution in [0.1, 0.15) is 42.5 Å². The van der Waals surface area contributed by atoms with E-state index in [9.17, 15) is 8.78 Å². The molecule has 0 amide bonds. The van der Waals surface area contributed by atoms with E-state index in [-0.39, 0.29) is 17.7 Å². The molecule has 2 atom stereocenters. The number of benzene rings is 2. The summed E-state index contributed by atoms with van der Waals surface area (Å²) in [4.78, 5) is 0. The van der Waals surface area contributed by atoms with Crippen molar-refractivity contribution in [2.75, 3.05) is 6.54 Å². The molecular formula is C18H21F2N. The third kappa shape index (κ3) is 3.88. The summed E-state index contributed by atoms with van der Waals surface area (Å²) < 4.78 is 27.5. The minimum atomic E-state index is -0.365. The zero-order valence-electron chi connectivity index (χ0n) is 12.7. The SMILES string of the molecule is Cc1cc(F)c(C(C)NCC(C)c2ccccc2)cc1F. The smallest absolute Gasteiger partial charge is 0.128 e. The summed E-state index contributed by atoms with van der Waals surface area (Å²) in [6.45, 7) is 6.24. The van der Waals surface area contributed by atoms with Crippen molar-refractivity contribution in [1.82, 2.24) is 5.32 Å². The van der Waals surface area contributed by atoms with Gasteiger partial charge in [-0.1, -0.05) is 37.3 Å². The molecule has 21 heavy (non-hydrogen) atoms. The van der Waals surface area contributed by atoms with Crippen LogP contribution in [0.4, 0.5) is 8.78 Å². The normalized spacial score (nSPS) is 14.0. The topological polar surface area (TPSA) is 12.0 Å². The highest BCUT2D eigenvalue weighted by Crippen LogP contribution is 2.22. The molecule has 0 spiro atoms. The fraction of sp³-hybridized carbons (Fsp3) is 0.333. The zero-order chi connectivity index (χ0) is 15.4. The molecule has 0 saturated heterocycles. The van der Waals surface area contributed by atoms with Gasteiger partial charge in [-0.3, -0.25) is 0 Å². The van der Waals surface area contributed by atoms with Crippen LogP contribution < -0.4 is 5.32 Å². The molecule has 1 nitrogen and oxygen atoms in total. The van der Waals surface area contributed by atoms with Gasteiger partial charge < -0.3 is 5.32 Å². The number of halogens is 2. The summed E-state index contributed by atoms with van der Waals surface area (Å²) in [6.07, 6.45) is 0. The van der Waals surface area contributed by atoms with Crippen LogP contribution in [0, 0.1) is 18.6 Å². The van der Waals surface area contributed by atoms with Crippen LogP contribution in [0.15, 0.2) is 42.5 Å². The highest BCUT2D eigenvalue weighted by Gasteiger charge is 2.14. The summed E-state index contributed by atoms with van der Waals surface area (Å²) in [5.41, 5.74) is 1.94. The fourth-order valence-corrected chi connectivity index (χ4v) is 2.36. The van der Waals surface area contributed by atoms with Crippen molar-refractivity contribution in [2.45, 2.75) is 32.7 Å². The van der Waals surface area contributed by atoms with Gasteiger partial charge in [-0.25, -0.2) is 8.78 Å². The second-order valence-corrected chi connectivity index (χ2v) is 5.56. The third-order valence-electron chi connectivity index (χ3n) is 3.84. The van der Waals surface area contributed by atoms with Crippen LogP contribution >= 0.6 is 0 Å². The van der Waals surface area contributed by atoms with Crippen molar-refractivity contribution in [2.24, 2.45) is 0 Å². The lowest BCUT2D eigenvalue weighted by Crippen LogP contribution is -2.24. The molecule has 2 aromatic carbocycles. The van der Waals surface area contributed by atoms with Gasteiger partial charge in [0.05, 0.1) is 0 Å². The lowest BCUT2D eigenvalue weighted by atomic mass is 10.00. The first kappa shape index (κ1) is 15.6. The number of hydrogen-bond acceptors (Lipinski definition) is 1. The molecule has 0 aliphatic heterocycles. The molecular weight excluding hydrogens is 268 g/mol. The number of rotatable bonds is 5. The monoisotopic (exact) mass is 289 g/mol. The van der Waals surface area contributed by atoms with Crippen LogP contribution in [0.2, 0.25) is 0 Å². The van der Waals surface area contributed by atoms with Gasteiger partial charge >= 0.3 is 0 Å². The van der Waals surface area contributed by atoms with Gasteiger partial charge in [-0.15, -0.1) is 0 Å². The second kappa shape index (κ2) is 6.81. The third-order valence-corrected chi connectivity index (χ3v) is 3.84. The maximum atomic E-state index is 13.9. The lowest BCUT2D eigenvalue weighted by Gasteiger charge is -2.19. The van der Waals surface area contributed by atoms with E-state index in [1.165, 1.54) is 17.7 Å². The van der Waals surface area contributed by atoms with Crippen LogP contribution in [0.3, 0.4) is 0 Å². The van der Waals surface area contributed by atoms with Gasteiger partial charge in [0, 0.05) is 18.2 Å². The highest BCUT2D eigenvalue weighted by molar-refractivity contribution is 5.27. The molecule has 0 bridgehead atoms. The molecule has 0 radical (unpaired) electrons. The van der Waals surface area contributed by atoms with E-state index >= 15 is 0 Å². The van der Waals surface area contributed by atoms with Crippen LogP contribution in [-0.4, -0.2) is 6.54 Å². The quantitative estimate of drug-likeness (QED) is 0.839. The Labute approximate surface area is 125 Å². The van der Waals surface area contributed by atoms with Gasteiger partial charge in [-0.2, -0.15) is 0 Å². The van der Waals surface area contributed by atoms with Crippen LogP contribution in [-0.2, 0) is 0 Å². The van der Waals surface area contributed by atoms with E-state index in [2.05, 4.69) is 24.4 Å². The molecule has 112 valence electrons. The standard InChI is InChI=1S/C18H21F2N/c1-12-9-18(20)16(10-17(12)19)14(3)21-11-13(2)15-7-5-4-6-8-15/h4-10,13-14,21H,11H2,1-3H3. The summed E-state index contributed by atoms with van der Waals surface area (Å²) >= 11 is 0. The molecule has 0 heterocycles. The Morgan fingerprint density at radius 3 is 2.33 bits per heavy atom. The minimum Gasteiger partial charge on any atom is -0.309 e. The van der Waals surface area contributed by atoms with E-state index in [1.807, 2.05) is 25.1 Å². The molecule has 0 aliphatic carbocycles. The molecule has 1 N–H and O–H groups in total. The summed E-state index contributed by atoms with van der Waals surface area (Å²) in [5.74, 6) is -0.413. The molecule has 2 rings (SSSR count). The molecule has 2 unspecified atom stereocenters. The number of hydrogen-bond donors (Lipinski definition) is 1. The summed E-state index contributed by atoms with van der Waals surface area (Å²) in [5, 5.41) is 3.28. The van der Waals surface area contributed by atoms with Gasteiger partial charge in [0.2, 0.25) is 0 Å². The second-order valence-electron chi connectivity index (χ2n) is 5.56. The first-order valence-electron chi connectivity index (χ1n) is 7.23. The predicted molar refractivity (Wildman–Crippen MR) is 82.4 cm³/mol. The van der Waals surface area contributed by atoms with Crippen LogP contribution in [0.5, 0.6) is 0 Å². The lowest BCUT2D eigenvalue weighted by molar-refractivity contribution is 0.500. The highest BCUT2D eigenvalue weighted by atomic mass is 19.1. The van der Waals surface area contributed by atoms with Gasteiger partial charge in [0.15, 0.2) is 0 Å². The maximum absolute atomic E-state index is 13.9. The molecule has 2 aromatic rings. The van der Waals surface area contributed by atoms with Crippen molar-refractivity contribution in [3.63, 3.8) is 0 Å². The first-order valence-corrected chi connectivity index (χ1v) is 7.23. The molecule has 0 aliphatic rings. The Kier molecular flexibility index (Phi) is 5.07. The van der Waals surface area contributed by atoms with E-state index in [0.29, 0.717) is 23.6 Å². The molecule has 0 fully saturated rings. The van der Waals surface area contributed by atoms with Gasteiger partial charge in [-0.05, 0) is 43.0 Å². The van der Waals surface area contributed by atoms with Crippen molar-refractivity contribution >= 4 is 0 Å². The van der Waals surface area contributed by atoms with Gasteiger partial charge in [0.1, 0.15) is 11.6 Å². The van der Waals surface area contributed by atoms with Gasteiger partial charge in [0.25, 0.3) is 0 Å². The largest absolute Gasteiger partial charge is 0.309 e. The number of aryl methyl sites for hydroxylation is 1. The Morgan fingerprint density at radius 1 is 1.00 bits per heavy atom.